The van der Waals surface area contributed by atoms with Crippen molar-refractivity contribution in [3.05, 3.63) is 23.3 Å². The minimum Gasteiger partial charge on any atom is -0.443 e. The molecule has 1 atom stereocenters. The first-order valence-corrected chi connectivity index (χ1v) is 10.6. The van der Waals surface area contributed by atoms with Crippen molar-refractivity contribution in [2.75, 3.05) is 25.2 Å². The largest absolute Gasteiger partial charge is 0.494 e. The number of benzene rings is 1. The van der Waals surface area contributed by atoms with E-state index in [4.69, 9.17) is 18.8 Å². The lowest BCUT2D eigenvalue weighted by Crippen LogP contribution is -2.41. The Morgan fingerprint density at radius 2 is 1.77 bits per heavy atom. The highest BCUT2D eigenvalue weighted by molar-refractivity contribution is 6.62. The van der Waals surface area contributed by atoms with Gasteiger partial charge in [0.25, 0.3) is 0 Å². The van der Waals surface area contributed by atoms with Gasteiger partial charge in [-0.2, -0.15) is 5.26 Å². The quantitative estimate of drug-likeness (QED) is 0.686. The third-order valence-corrected chi connectivity index (χ3v) is 6.28. The third kappa shape index (κ3) is 4.19. The van der Waals surface area contributed by atoms with Crippen LogP contribution in [0.2, 0.25) is 0 Å². The fraction of sp³-hybridized carbons (Fsp3) is 0.652. The van der Waals surface area contributed by atoms with Gasteiger partial charge in [-0.25, -0.2) is 4.79 Å². The molecule has 1 aromatic rings. The van der Waals surface area contributed by atoms with Crippen LogP contribution in [0.1, 0.15) is 66.5 Å². The van der Waals surface area contributed by atoms with Crippen molar-refractivity contribution >= 4 is 24.4 Å². The standard InChI is InChI=1S/C23H33BN2O5/c1-20(2,3)29-19(27)26-13-23(8,14-28-9)17-11-16(10-15(12-25)18(17)26)24-30-21(4,5)22(6,7)31-24/h10-11H,13-14H2,1-9H3/t23-/m1/s1. The van der Waals surface area contributed by atoms with E-state index in [0.29, 0.717) is 24.4 Å². The molecule has 0 aromatic heterocycles. The number of carbonyl (C=O) groups excluding carboxylic acids is 1. The van der Waals surface area contributed by atoms with Gasteiger partial charge in [-0.1, -0.05) is 13.0 Å². The molecule has 1 amide bonds. The van der Waals surface area contributed by atoms with E-state index in [1.54, 1.807) is 18.1 Å². The number of anilines is 1. The summed E-state index contributed by atoms with van der Waals surface area (Å²) in [5, 5.41) is 9.96. The van der Waals surface area contributed by atoms with E-state index < -0.39 is 35.4 Å². The van der Waals surface area contributed by atoms with Crippen LogP contribution in [0.25, 0.3) is 0 Å². The molecule has 0 N–H and O–H groups in total. The second kappa shape index (κ2) is 7.51. The average Bonchev–Trinajstić information content (AvgIpc) is 3.03. The molecule has 8 heteroatoms. The lowest BCUT2D eigenvalue weighted by molar-refractivity contribution is 0.00578. The Morgan fingerprint density at radius 1 is 1.19 bits per heavy atom. The maximum absolute atomic E-state index is 13.0. The Hall–Kier alpha value is -2.08. The summed E-state index contributed by atoms with van der Waals surface area (Å²) < 4.78 is 23.5. The van der Waals surface area contributed by atoms with Gasteiger partial charge in [0.1, 0.15) is 11.7 Å². The van der Waals surface area contributed by atoms with E-state index in [1.165, 1.54) is 0 Å². The van der Waals surface area contributed by atoms with Crippen LogP contribution in [0.3, 0.4) is 0 Å². The highest BCUT2D eigenvalue weighted by Crippen LogP contribution is 2.44. The molecule has 2 aliphatic heterocycles. The molecule has 1 saturated heterocycles. The van der Waals surface area contributed by atoms with E-state index in [9.17, 15) is 10.1 Å². The monoisotopic (exact) mass is 428 g/mol. The van der Waals surface area contributed by atoms with Crippen LogP contribution in [-0.2, 0) is 24.2 Å². The second-order valence-electron chi connectivity index (χ2n) is 10.7. The van der Waals surface area contributed by atoms with Crippen LogP contribution in [0, 0.1) is 11.3 Å². The predicted molar refractivity (Wildman–Crippen MR) is 120 cm³/mol. The van der Waals surface area contributed by atoms with Gasteiger partial charge < -0.3 is 18.8 Å². The zero-order valence-corrected chi connectivity index (χ0v) is 20.1. The van der Waals surface area contributed by atoms with Crippen molar-refractivity contribution in [3.63, 3.8) is 0 Å². The van der Waals surface area contributed by atoms with Crippen LogP contribution >= 0.6 is 0 Å². The van der Waals surface area contributed by atoms with E-state index >= 15 is 0 Å². The van der Waals surface area contributed by atoms with Crippen LogP contribution in [-0.4, -0.2) is 50.3 Å². The van der Waals surface area contributed by atoms with Gasteiger partial charge >= 0.3 is 13.2 Å². The summed E-state index contributed by atoms with van der Waals surface area (Å²) in [6.45, 7) is 16.2. The summed E-state index contributed by atoms with van der Waals surface area (Å²) in [5.41, 5.74) is 0.402. The summed E-state index contributed by atoms with van der Waals surface area (Å²) in [6.07, 6.45) is -0.478. The topological polar surface area (TPSA) is 81.0 Å². The van der Waals surface area contributed by atoms with Crippen molar-refractivity contribution in [3.8, 4) is 6.07 Å². The molecular weight excluding hydrogens is 395 g/mol. The van der Waals surface area contributed by atoms with Gasteiger partial charge in [0.2, 0.25) is 0 Å². The van der Waals surface area contributed by atoms with E-state index in [-0.39, 0.29) is 0 Å². The predicted octanol–water partition coefficient (Wildman–Crippen LogP) is 3.52. The van der Waals surface area contributed by atoms with Crippen LogP contribution in [0.5, 0.6) is 0 Å². The molecule has 0 radical (unpaired) electrons. The summed E-state index contributed by atoms with van der Waals surface area (Å²) in [7, 11) is 1.02. The van der Waals surface area contributed by atoms with E-state index in [2.05, 4.69) is 6.07 Å². The minimum absolute atomic E-state index is 0.354. The second-order valence-corrected chi connectivity index (χ2v) is 10.7. The number of carbonyl (C=O) groups is 1. The fourth-order valence-corrected chi connectivity index (χ4v) is 4.04. The Kier molecular flexibility index (Phi) is 5.71. The number of fused-ring (bicyclic) bond motifs is 1. The van der Waals surface area contributed by atoms with Gasteiger partial charge in [0.15, 0.2) is 0 Å². The summed E-state index contributed by atoms with van der Waals surface area (Å²) in [6, 6.07) is 5.98. The number of hydrogen-bond acceptors (Lipinski definition) is 6. The molecule has 0 unspecified atom stereocenters. The molecule has 0 spiro atoms. The zero-order valence-electron chi connectivity index (χ0n) is 20.1. The Bertz CT molecular complexity index is 915. The number of ether oxygens (including phenoxy) is 2. The number of hydrogen-bond donors (Lipinski definition) is 0. The van der Waals surface area contributed by atoms with Crippen molar-refractivity contribution < 1.29 is 23.6 Å². The molecular formula is C23H33BN2O5. The van der Waals surface area contributed by atoms with Gasteiger partial charge in [0.05, 0.1) is 29.1 Å². The normalized spacial score (nSPS) is 24.1. The molecule has 1 fully saturated rings. The molecule has 7 nitrogen and oxygen atoms in total. The fourth-order valence-electron chi connectivity index (χ4n) is 4.04. The minimum atomic E-state index is -0.646. The molecule has 0 aliphatic carbocycles. The first kappa shape index (κ1) is 23.6. The first-order chi connectivity index (χ1) is 14.1. The average molecular weight is 428 g/mol. The van der Waals surface area contributed by atoms with Gasteiger partial charge in [0, 0.05) is 19.1 Å². The highest BCUT2D eigenvalue weighted by atomic mass is 16.7. The molecule has 0 bridgehead atoms. The zero-order chi connectivity index (χ0) is 23.4. The first-order valence-electron chi connectivity index (χ1n) is 10.6. The SMILES string of the molecule is COC[C@@]1(C)CN(C(=O)OC(C)(C)C)c2c(C#N)cc(B3OC(C)(C)C(C)(C)O3)cc21. The maximum atomic E-state index is 13.0. The molecule has 31 heavy (non-hydrogen) atoms. The molecule has 168 valence electrons. The van der Waals surface area contributed by atoms with Crippen molar-refractivity contribution in [1.29, 1.82) is 5.26 Å². The third-order valence-electron chi connectivity index (χ3n) is 6.28. The van der Waals surface area contributed by atoms with Crippen LogP contribution in [0.4, 0.5) is 10.5 Å². The molecule has 2 heterocycles. The van der Waals surface area contributed by atoms with Gasteiger partial charge in [-0.15, -0.1) is 0 Å². The van der Waals surface area contributed by atoms with Gasteiger partial charge in [-0.3, -0.25) is 4.90 Å². The lowest BCUT2D eigenvalue weighted by atomic mass is 9.74. The van der Waals surface area contributed by atoms with Crippen molar-refractivity contribution in [2.24, 2.45) is 0 Å². The molecule has 0 saturated carbocycles. The summed E-state index contributed by atoms with van der Waals surface area (Å²) in [5.74, 6) is 0. The number of rotatable bonds is 3. The number of nitriles is 1. The van der Waals surface area contributed by atoms with Gasteiger partial charge in [-0.05, 0) is 65.6 Å². The van der Waals surface area contributed by atoms with Crippen LogP contribution < -0.4 is 10.4 Å². The van der Waals surface area contributed by atoms with E-state index in [0.717, 1.165) is 11.0 Å². The van der Waals surface area contributed by atoms with Crippen molar-refractivity contribution in [2.45, 2.75) is 77.6 Å². The number of nitrogens with zero attached hydrogens (tertiary/aromatic N) is 2. The summed E-state index contributed by atoms with van der Waals surface area (Å²) in [4.78, 5) is 14.5. The number of methoxy groups -OCH3 is 1. The Balaban J connectivity index is 2.11. The highest BCUT2D eigenvalue weighted by Gasteiger charge is 2.53. The maximum Gasteiger partial charge on any atom is 0.494 e. The lowest BCUT2D eigenvalue weighted by Gasteiger charge is -2.32. The molecule has 2 aliphatic rings. The Labute approximate surface area is 185 Å². The van der Waals surface area contributed by atoms with E-state index in [1.807, 2.05) is 61.5 Å². The van der Waals surface area contributed by atoms with Crippen molar-refractivity contribution in [1.82, 2.24) is 0 Å². The smallest absolute Gasteiger partial charge is 0.443 e. The number of amides is 1. The van der Waals surface area contributed by atoms with Crippen LogP contribution in [0.15, 0.2) is 12.1 Å². The molecule has 1 aromatic carbocycles. The summed E-state index contributed by atoms with van der Waals surface area (Å²) >= 11 is 0. The molecule has 3 rings (SSSR count). The Morgan fingerprint density at radius 3 is 2.26 bits per heavy atom.